The van der Waals surface area contributed by atoms with E-state index in [2.05, 4.69) is 74.7 Å². The maximum Gasteiger partial charge on any atom is 0.0139 e. The summed E-state index contributed by atoms with van der Waals surface area (Å²) in [6.07, 6.45) is 2.46. The Morgan fingerprint density at radius 2 is 1.67 bits per heavy atom. The average Bonchev–Trinajstić information content (AvgIpc) is 3.28. The van der Waals surface area contributed by atoms with Crippen LogP contribution in [-0.4, -0.2) is 13.1 Å². The molecule has 3 atom stereocenters. The Morgan fingerprint density at radius 1 is 1.00 bits per heavy atom. The standard InChI is InChI=1S/C20H25N/c1-14-8-7-9-15(2)17(14)13-20(21-3)19-12-18(19)16-10-5-4-6-11-16/h4-11,18-21H,12-13H2,1-3H3. The Balaban J connectivity index is 1.73. The van der Waals surface area contributed by atoms with Crippen LogP contribution < -0.4 is 5.32 Å². The molecule has 110 valence electrons. The van der Waals surface area contributed by atoms with E-state index in [9.17, 15) is 0 Å². The van der Waals surface area contributed by atoms with Crippen LogP contribution in [0.25, 0.3) is 0 Å². The van der Waals surface area contributed by atoms with Gasteiger partial charge in [0.1, 0.15) is 0 Å². The van der Waals surface area contributed by atoms with E-state index in [1.165, 1.54) is 28.7 Å². The summed E-state index contributed by atoms with van der Waals surface area (Å²) in [6, 6.07) is 18.2. The molecule has 0 spiro atoms. The highest BCUT2D eigenvalue weighted by Gasteiger charge is 2.43. The smallest absolute Gasteiger partial charge is 0.0139 e. The molecule has 1 fully saturated rings. The van der Waals surface area contributed by atoms with Gasteiger partial charge in [0, 0.05) is 6.04 Å². The van der Waals surface area contributed by atoms with Gasteiger partial charge >= 0.3 is 0 Å². The van der Waals surface area contributed by atoms with Crippen LogP contribution in [0, 0.1) is 19.8 Å². The van der Waals surface area contributed by atoms with E-state index in [1.54, 1.807) is 0 Å². The van der Waals surface area contributed by atoms with Crippen LogP contribution in [-0.2, 0) is 6.42 Å². The molecular weight excluding hydrogens is 254 g/mol. The number of benzene rings is 2. The van der Waals surface area contributed by atoms with Crippen molar-refractivity contribution in [1.29, 1.82) is 0 Å². The van der Waals surface area contributed by atoms with Crippen LogP contribution in [0.1, 0.15) is 34.6 Å². The lowest BCUT2D eigenvalue weighted by Gasteiger charge is -2.19. The number of nitrogens with one attached hydrogen (secondary N) is 1. The fourth-order valence-electron chi connectivity index (χ4n) is 3.60. The third-order valence-electron chi connectivity index (χ3n) is 5.02. The van der Waals surface area contributed by atoms with E-state index < -0.39 is 0 Å². The van der Waals surface area contributed by atoms with E-state index >= 15 is 0 Å². The lowest BCUT2D eigenvalue weighted by atomic mass is 9.93. The number of hydrogen-bond donors (Lipinski definition) is 1. The zero-order valence-electron chi connectivity index (χ0n) is 13.3. The van der Waals surface area contributed by atoms with Crippen molar-refractivity contribution in [2.75, 3.05) is 7.05 Å². The molecule has 0 aromatic heterocycles. The minimum absolute atomic E-state index is 0.579. The van der Waals surface area contributed by atoms with Crippen molar-refractivity contribution >= 4 is 0 Å². The number of hydrogen-bond acceptors (Lipinski definition) is 1. The predicted octanol–water partition coefficient (Wildman–Crippen LogP) is 4.24. The zero-order valence-corrected chi connectivity index (χ0v) is 13.3. The van der Waals surface area contributed by atoms with Crippen LogP contribution in [0.2, 0.25) is 0 Å². The highest BCUT2D eigenvalue weighted by Crippen LogP contribution is 2.50. The lowest BCUT2D eigenvalue weighted by Crippen LogP contribution is -2.31. The maximum atomic E-state index is 3.57. The molecule has 0 saturated heterocycles. The van der Waals surface area contributed by atoms with Gasteiger partial charge in [0.25, 0.3) is 0 Å². The second-order valence-corrected chi connectivity index (χ2v) is 6.39. The highest BCUT2D eigenvalue weighted by molar-refractivity contribution is 5.35. The quantitative estimate of drug-likeness (QED) is 0.863. The van der Waals surface area contributed by atoms with Gasteiger partial charge in [-0.1, -0.05) is 48.5 Å². The van der Waals surface area contributed by atoms with E-state index in [4.69, 9.17) is 0 Å². The van der Waals surface area contributed by atoms with Crippen molar-refractivity contribution in [3.63, 3.8) is 0 Å². The normalized spacial score (nSPS) is 22.0. The topological polar surface area (TPSA) is 12.0 Å². The van der Waals surface area contributed by atoms with Crippen LogP contribution in [0.5, 0.6) is 0 Å². The fraction of sp³-hybridized carbons (Fsp3) is 0.400. The Labute approximate surface area is 128 Å². The van der Waals surface area contributed by atoms with Gasteiger partial charge in [-0.2, -0.15) is 0 Å². The largest absolute Gasteiger partial charge is 0.316 e. The van der Waals surface area contributed by atoms with Crippen molar-refractivity contribution < 1.29 is 0 Å². The summed E-state index contributed by atoms with van der Waals surface area (Å²) in [6.45, 7) is 4.47. The first-order valence-corrected chi connectivity index (χ1v) is 7.98. The molecule has 1 N–H and O–H groups in total. The minimum atomic E-state index is 0.579. The molecule has 21 heavy (non-hydrogen) atoms. The van der Waals surface area contributed by atoms with Gasteiger partial charge in [0.05, 0.1) is 0 Å². The molecular formula is C20H25N. The first-order chi connectivity index (χ1) is 10.2. The summed E-state index contributed by atoms with van der Waals surface area (Å²) in [5.74, 6) is 1.52. The van der Waals surface area contributed by atoms with Crippen molar-refractivity contribution in [2.45, 2.75) is 38.6 Å². The van der Waals surface area contributed by atoms with Gasteiger partial charge in [-0.15, -0.1) is 0 Å². The molecule has 1 nitrogen and oxygen atoms in total. The molecule has 3 unspecified atom stereocenters. The summed E-state index contributed by atoms with van der Waals surface area (Å²) in [5, 5.41) is 3.57. The second-order valence-electron chi connectivity index (χ2n) is 6.39. The third-order valence-corrected chi connectivity index (χ3v) is 5.02. The van der Waals surface area contributed by atoms with E-state index in [-0.39, 0.29) is 0 Å². The van der Waals surface area contributed by atoms with Gasteiger partial charge in [-0.05, 0) is 67.8 Å². The zero-order chi connectivity index (χ0) is 14.8. The Kier molecular flexibility index (Phi) is 4.12. The van der Waals surface area contributed by atoms with Crippen LogP contribution >= 0.6 is 0 Å². The number of likely N-dealkylation sites (N-methyl/N-ethyl adjacent to an activating group) is 1. The van der Waals surface area contributed by atoms with Crippen molar-refractivity contribution in [2.24, 2.45) is 5.92 Å². The van der Waals surface area contributed by atoms with Crippen molar-refractivity contribution in [1.82, 2.24) is 5.32 Å². The molecule has 1 heteroatoms. The lowest BCUT2D eigenvalue weighted by molar-refractivity contribution is 0.489. The predicted molar refractivity (Wildman–Crippen MR) is 89.8 cm³/mol. The van der Waals surface area contributed by atoms with Gasteiger partial charge < -0.3 is 5.32 Å². The van der Waals surface area contributed by atoms with E-state index in [0.717, 1.165) is 18.3 Å². The Bertz CT molecular complexity index is 582. The SMILES string of the molecule is CNC(Cc1c(C)cccc1C)C1CC1c1ccccc1. The van der Waals surface area contributed by atoms with E-state index in [1.807, 2.05) is 0 Å². The second kappa shape index (κ2) is 6.03. The van der Waals surface area contributed by atoms with Gasteiger partial charge in [0.2, 0.25) is 0 Å². The average molecular weight is 279 g/mol. The molecule has 3 rings (SSSR count). The first kappa shape index (κ1) is 14.3. The Hall–Kier alpha value is -1.60. The molecule has 0 aliphatic heterocycles. The summed E-state index contributed by atoms with van der Waals surface area (Å²) < 4.78 is 0. The summed E-state index contributed by atoms with van der Waals surface area (Å²) in [5.41, 5.74) is 5.87. The third kappa shape index (κ3) is 3.03. The summed E-state index contributed by atoms with van der Waals surface area (Å²) >= 11 is 0. The van der Waals surface area contributed by atoms with Gasteiger partial charge in [-0.25, -0.2) is 0 Å². The fourth-order valence-corrected chi connectivity index (χ4v) is 3.60. The molecule has 0 bridgehead atoms. The van der Waals surface area contributed by atoms with Crippen molar-refractivity contribution in [3.05, 3.63) is 70.8 Å². The molecule has 1 saturated carbocycles. The summed E-state index contributed by atoms with van der Waals surface area (Å²) in [7, 11) is 2.11. The first-order valence-electron chi connectivity index (χ1n) is 7.98. The molecule has 2 aromatic rings. The molecule has 1 aliphatic rings. The number of rotatable bonds is 5. The maximum absolute atomic E-state index is 3.57. The van der Waals surface area contributed by atoms with Crippen molar-refractivity contribution in [3.8, 4) is 0 Å². The summed E-state index contributed by atoms with van der Waals surface area (Å²) in [4.78, 5) is 0. The number of aryl methyl sites for hydroxylation is 2. The molecule has 0 radical (unpaired) electrons. The van der Waals surface area contributed by atoms with Gasteiger partial charge in [0.15, 0.2) is 0 Å². The molecule has 2 aromatic carbocycles. The van der Waals surface area contributed by atoms with Crippen LogP contribution in [0.3, 0.4) is 0 Å². The Morgan fingerprint density at radius 3 is 2.29 bits per heavy atom. The minimum Gasteiger partial charge on any atom is -0.316 e. The highest BCUT2D eigenvalue weighted by atomic mass is 14.9. The van der Waals surface area contributed by atoms with E-state index in [0.29, 0.717) is 6.04 Å². The van der Waals surface area contributed by atoms with Crippen LogP contribution in [0.15, 0.2) is 48.5 Å². The molecule has 1 aliphatic carbocycles. The molecule has 0 amide bonds. The molecule has 0 heterocycles. The monoisotopic (exact) mass is 279 g/mol. The van der Waals surface area contributed by atoms with Gasteiger partial charge in [-0.3, -0.25) is 0 Å². The van der Waals surface area contributed by atoms with Crippen LogP contribution in [0.4, 0.5) is 0 Å².